The Kier molecular flexibility index (Phi) is 5.67. The molecule has 0 saturated carbocycles. The summed E-state index contributed by atoms with van der Waals surface area (Å²) in [6.07, 6.45) is -0.595. The van der Waals surface area contributed by atoms with Crippen molar-refractivity contribution in [3.05, 3.63) is 52.5 Å². The van der Waals surface area contributed by atoms with Crippen molar-refractivity contribution in [1.82, 2.24) is 5.32 Å². The van der Waals surface area contributed by atoms with E-state index in [-0.39, 0.29) is 0 Å². The van der Waals surface area contributed by atoms with Gasteiger partial charge in [0.2, 0.25) is 0 Å². The number of amides is 3. The highest BCUT2D eigenvalue weighted by molar-refractivity contribution is 6.42. The van der Waals surface area contributed by atoms with Crippen molar-refractivity contribution in [2.24, 2.45) is 0 Å². The number of benzene rings is 2. The molecular formula is C15H13Cl2N3O3. The lowest BCUT2D eigenvalue weighted by molar-refractivity contribution is 0.203. The Balaban J connectivity index is 2.00. The molecular weight excluding hydrogens is 341 g/mol. The molecule has 0 spiro atoms. The van der Waals surface area contributed by atoms with Crippen LogP contribution in [0.2, 0.25) is 10.0 Å². The number of rotatable bonds is 3. The van der Waals surface area contributed by atoms with Crippen LogP contribution in [-0.4, -0.2) is 19.2 Å². The number of carbonyl (C=O) groups is 2. The van der Waals surface area contributed by atoms with Crippen LogP contribution in [0.4, 0.5) is 21.0 Å². The molecule has 0 radical (unpaired) electrons. The van der Waals surface area contributed by atoms with E-state index in [1.165, 1.54) is 19.2 Å². The molecule has 2 aromatic rings. The highest BCUT2D eigenvalue weighted by Gasteiger charge is 2.07. The fourth-order valence-electron chi connectivity index (χ4n) is 1.66. The molecule has 0 saturated heterocycles. The van der Waals surface area contributed by atoms with Gasteiger partial charge in [-0.15, -0.1) is 0 Å². The first-order valence-electron chi connectivity index (χ1n) is 6.50. The van der Waals surface area contributed by atoms with E-state index in [2.05, 4.69) is 16.0 Å². The van der Waals surface area contributed by atoms with Gasteiger partial charge in [0.15, 0.2) is 0 Å². The molecule has 3 N–H and O–H groups in total. The first kappa shape index (κ1) is 16.9. The first-order chi connectivity index (χ1) is 11.0. The molecule has 2 rings (SSSR count). The Labute approximate surface area is 142 Å². The summed E-state index contributed by atoms with van der Waals surface area (Å²) in [6.45, 7) is 0. The SMILES string of the molecule is CNC(=O)Oc1cccc(NC(=O)Nc2ccc(Cl)c(Cl)c2)c1. The Bertz CT molecular complexity index is 738. The van der Waals surface area contributed by atoms with Crippen molar-refractivity contribution in [1.29, 1.82) is 0 Å². The van der Waals surface area contributed by atoms with Gasteiger partial charge in [-0.3, -0.25) is 0 Å². The van der Waals surface area contributed by atoms with E-state index < -0.39 is 12.1 Å². The molecule has 0 bridgehead atoms. The van der Waals surface area contributed by atoms with E-state index in [9.17, 15) is 9.59 Å². The zero-order valence-electron chi connectivity index (χ0n) is 12.0. The number of hydrogen-bond donors (Lipinski definition) is 3. The van der Waals surface area contributed by atoms with Crippen LogP contribution in [0.3, 0.4) is 0 Å². The lowest BCUT2D eigenvalue weighted by Gasteiger charge is -2.09. The topological polar surface area (TPSA) is 79.5 Å². The van der Waals surface area contributed by atoms with Gasteiger partial charge < -0.3 is 20.7 Å². The maximum absolute atomic E-state index is 11.9. The van der Waals surface area contributed by atoms with E-state index in [1.54, 1.807) is 30.3 Å². The predicted octanol–water partition coefficient (Wildman–Crippen LogP) is 4.36. The quantitative estimate of drug-likeness (QED) is 0.766. The van der Waals surface area contributed by atoms with Crippen LogP contribution in [0, 0.1) is 0 Å². The number of nitrogens with one attached hydrogen (secondary N) is 3. The molecule has 23 heavy (non-hydrogen) atoms. The van der Waals surface area contributed by atoms with Gasteiger partial charge in [0, 0.05) is 24.5 Å². The fraction of sp³-hybridized carbons (Fsp3) is 0.0667. The summed E-state index contributed by atoms with van der Waals surface area (Å²) in [5.74, 6) is 0.302. The second-order valence-corrected chi connectivity index (χ2v) is 5.19. The lowest BCUT2D eigenvalue weighted by Crippen LogP contribution is -2.22. The van der Waals surface area contributed by atoms with Crippen LogP contribution in [0.25, 0.3) is 0 Å². The normalized spacial score (nSPS) is 9.87. The maximum Gasteiger partial charge on any atom is 0.412 e. The van der Waals surface area contributed by atoms with E-state index >= 15 is 0 Å². The van der Waals surface area contributed by atoms with E-state index in [0.29, 0.717) is 27.2 Å². The van der Waals surface area contributed by atoms with Gasteiger partial charge >= 0.3 is 12.1 Å². The number of urea groups is 1. The largest absolute Gasteiger partial charge is 0.412 e. The van der Waals surface area contributed by atoms with E-state index in [1.807, 2.05) is 0 Å². The Morgan fingerprint density at radius 1 is 0.957 bits per heavy atom. The summed E-state index contributed by atoms with van der Waals surface area (Å²) in [5.41, 5.74) is 0.957. The third-order valence-corrected chi connectivity index (χ3v) is 3.42. The van der Waals surface area contributed by atoms with Gasteiger partial charge in [-0.1, -0.05) is 29.3 Å². The van der Waals surface area contributed by atoms with Crippen molar-refractivity contribution >= 4 is 46.7 Å². The Morgan fingerprint density at radius 3 is 2.30 bits per heavy atom. The van der Waals surface area contributed by atoms with E-state index in [0.717, 1.165) is 0 Å². The first-order valence-corrected chi connectivity index (χ1v) is 7.26. The molecule has 0 aliphatic heterocycles. The molecule has 0 aromatic heterocycles. The average molecular weight is 354 g/mol. The molecule has 0 heterocycles. The third kappa shape index (κ3) is 5.05. The number of hydrogen-bond acceptors (Lipinski definition) is 3. The van der Waals surface area contributed by atoms with Gasteiger partial charge in [0.05, 0.1) is 10.0 Å². The zero-order valence-corrected chi connectivity index (χ0v) is 13.5. The molecule has 120 valence electrons. The third-order valence-electron chi connectivity index (χ3n) is 2.68. The second-order valence-electron chi connectivity index (χ2n) is 4.38. The van der Waals surface area contributed by atoms with Gasteiger partial charge in [-0.05, 0) is 30.3 Å². The monoisotopic (exact) mass is 353 g/mol. The van der Waals surface area contributed by atoms with Gasteiger partial charge in [0.25, 0.3) is 0 Å². The van der Waals surface area contributed by atoms with Crippen LogP contribution < -0.4 is 20.7 Å². The van der Waals surface area contributed by atoms with Crippen molar-refractivity contribution in [3.63, 3.8) is 0 Å². The van der Waals surface area contributed by atoms with Crippen LogP contribution in [-0.2, 0) is 0 Å². The molecule has 3 amide bonds. The highest BCUT2D eigenvalue weighted by atomic mass is 35.5. The summed E-state index contributed by atoms with van der Waals surface area (Å²) < 4.78 is 4.98. The molecule has 0 atom stereocenters. The standard InChI is InChI=1S/C15H13Cl2N3O3/c1-18-15(22)23-11-4-2-3-9(7-11)19-14(21)20-10-5-6-12(16)13(17)8-10/h2-8H,1H3,(H,18,22)(H2,19,20,21). The number of carbonyl (C=O) groups excluding carboxylic acids is 2. The minimum absolute atomic E-state index is 0.302. The molecule has 0 fully saturated rings. The lowest BCUT2D eigenvalue weighted by atomic mass is 10.3. The van der Waals surface area contributed by atoms with Crippen molar-refractivity contribution < 1.29 is 14.3 Å². The van der Waals surface area contributed by atoms with Crippen LogP contribution >= 0.6 is 23.2 Å². The molecule has 2 aromatic carbocycles. The summed E-state index contributed by atoms with van der Waals surface area (Å²) in [6, 6.07) is 10.7. The number of halogens is 2. The van der Waals surface area contributed by atoms with Crippen LogP contribution in [0.1, 0.15) is 0 Å². The van der Waals surface area contributed by atoms with Gasteiger partial charge in [-0.25, -0.2) is 9.59 Å². The number of anilines is 2. The van der Waals surface area contributed by atoms with Gasteiger partial charge in [0.1, 0.15) is 5.75 Å². The van der Waals surface area contributed by atoms with Gasteiger partial charge in [-0.2, -0.15) is 0 Å². The zero-order chi connectivity index (χ0) is 16.8. The summed E-state index contributed by atoms with van der Waals surface area (Å²) >= 11 is 11.7. The molecule has 0 aliphatic rings. The minimum Gasteiger partial charge on any atom is -0.410 e. The molecule has 0 unspecified atom stereocenters. The van der Waals surface area contributed by atoms with Crippen molar-refractivity contribution in [2.45, 2.75) is 0 Å². The molecule has 6 nitrogen and oxygen atoms in total. The Morgan fingerprint density at radius 2 is 1.65 bits per heavy atom. The summed E-state index contributed by atoms with van der Waals surface area (Å²) in [5, 5.41) is 8.31. The van der Waals surface area contributed by atoms with Crippen molar-refractivity contribution in [3.8, 4) is 5.75 Å². The molecule has 0 aliphatic carbocycles. The average Bonchev–Trinajstić information content (AvgIpc) is 2.51. The fourth-order valence-corrected chi connectivity index (χ4v) is 1.96. The highest BCUT2D eigenvalue weighted by Crippen LogP contribution is 2.25. The summed E-state index contributed by atoms with van der Waals surface area (Å²) in [4.78, 5) is 23.1. The van der Waals surface area contributed by atoms with Crippen molar-refractivity contribution in [2.75, 3.05) is 17.7 Å². The Hall–Kier alpha value is -2.44. The van der Waals surface area contributed by atoms with Crippen LogP contribution in [0.5, 0.6) is 5.75 Å². The minimum atomic E-state index is -0.595. The maximum atomic E-state index is 11.9. The second kappa shape index (κ2) is 7.71. The molecule has 8 heteroatoms. The summed E-state index contributed by atoms with van der Waals surface area (Å²) in [7, 11) is 1.45. The van der Waals surface area contributed by atoms with E-state index in [4.69, 9.17) is 27.9 Å². The van der Waals surface area contributed by atoms with Crippen LogP contribution in [0.15, 0.2) is 42.5 Å². The predicted molar refractivity (Wildman–Crippen MR) is 90.6 cm³/mol. The smallest absolute Gasteiger partial charge is 0.410 e. The number of ether oxygens (including phenoxy) is 1.